The number of alkyl carbamates (subject to hydrolysis) is 2. The number of aromatic nitrogens is 4. The molecule has 56 heavy (non-hydrogen) atoms. The molecule has 0 saturated carbocycles. The molecular formula is C41H48N8O6S. The van der Waals surface area contributed by atoms with Crippen molar-refractivity contribution >= 4 is 46.1 Å². The Labute approximate surface area is 329 Å². The van der Waals surface area contributed by atoms with Crippen molar-refractivity contribution in [3.05, 3.63) is 72.6 Å². The third-order valence-electron chi connectivity index (χ3n) is 10.8. The number of fused-ring (bicyclic) bond motifs is 1. The Balaban J connectivity index is 1.03. The number of methoxy groups -OCH3 is 2. The predicted octanol–water partition coefficient (Wildman–Crippen LogP) is 7.19. The summed E-state index contributed by atoms with van der Waals surface area (Å²) in [5.74, 6) is 1.09. The molecule has 4 atom stereocenters. The monoisotopic (exact) mass is 780 g/mol. The van der Waals surface area contributed by atoms with Gasteiger partial charge in [-0.25, -0.2) is 19.6 Å². The van der Waals surface area contributed by atoms with Gasteiger partial charge in [0.1, 0.15) is 23.7 Å². The van der Waals surface area contributed by atoms with Gasteiger partial charge in [-0.2, -0.15) is 0 Å². The van der Waals surface area contributed by atoms with E-state index in [9.17, 15) is 19.2 Å². The van der Waals surface area contributed by atoms with E-state index in [1.165, 1.54) is 14.2 Å². The number of thiophene rings is 1. The number of benzene rings is 2. The normalized spacial score (nSPS) is 18.0. The molecule has 3 aromatic heterocycles. The van der Waals surface area contributed by atoms with Gasteiger partial charge in [-0.3, -0.25) is 9.59 Å². The second kappa shape index (κ2) is 16.6. The van der Waals surface area contributed by atoms with Gasteiger partial charge in [0.05, 0.1) is 55.0 Å². The van der Waals surface area contributed by atoms with Crippen LogP contribution in [0.2, 0.25) is 0 Å². The summed E-state index contributed by atoms with van der Waals surface area (Å²) in [4.78, 5) is 72.9. The van der Waals surface area contributed by atoms with Crippen LogP contribution < -0.4 is 10.6 Å². The first-order valence-electron chi connectivity index (χ1n) is 19.1. The second-order valence-corrected chi connectivity index (χ2v) is 15.7. The number of nitrogens with one attached hydrogen (secondary N) is 4. The van der Waals surface area contributed by atoms with Crippen LogP contribution in [0.4, 0.5) is 9.59 Å². The lowest BCUT2D eigenvalue weighted by atomic mass is 10.0. The van der Waals surface area contributed by atoms with E-state index >= 15 is 0 Å². The molecular weight excluding hydrogens is 733 g/mol. The van der Waals surface area contributed by atoms with E-state index in [1.54, 1.807) is 16.2 Å². The van der Waals surface area contributed by atoms with Gasteiger partial charge in [0.25, 0.3) is 0 Å². The number of ether oxygens (including phenoxy) is 2. The van der Waals surface area contributed by atoms with Crippen LogP contribution in [0.3, 0.4) is 0 Å². The Morgan fingerprint density at radius 2 is 1.32 bits per heavy atom. The van der Waals surface area contributed by atoms with Crippen LogP contribution in [-0.2, 0) is 19.1 Å². The number of hydrogen-bond acceptors (Lipinski definition) is 9. The Bertz CT molecular complexity index is 2230. The van der Waals surface area contributed by atoms with Crippen molar-refractivity contribution in [3.63, 3.8) is 0 Å². The largest absolute Gasteiger partial charge is 0.453 e. The molecule has 2 fully saturated rings. The Hall–Kier alpha value is -5.70. The van der Waals surface area contributed by atoms with Gasteiger partial charge in [0, 0.05) is 23.5 Å². The van der Waals surface area contributed by atoms with E-state index in [0.717, 1.165) is 80.4 Å². The summed E-state index contributed by atoms with van der Waals surface area (Å²) in [7, 11) is 2.58. The minimum absolute atomic E-state index is 0.103. The summed E-state index contributed by atoms with van der Waals surface area (Å²) in [6.07, 6.45) is 6.14. The molecule has 5 heterocycles. The second-order valence-electron chi connectivity index (χ2n) is 14.6. The summed E-state index contributed by atoms with van der Waals surface area (Å²) >= 11 is 1.67. The van der Waals surface area contributed by atoms with Crippen molar-refractivity contribution in [1.29, 1.82) is 0 Å². The maximum Gasteiger partial charge on any atom is 0.407 e. The molecule has 2 saturated heterocycles. The minimum Gasteiger partial charge on any atom is -0.453 e. The number of aromatic amines is 2. The lowest BCUT2D eigenvalue weighted by Crippen LogP contribution is -2.51. The van der Waals surface area contributed by atoms with E-state index in [0.29, 0.717) is 19.5 Å². The average molecular weight is 781 g/mol. The van der Waals surface area contributed by atoms with E-state index in [4.69, 9.17) is 14.5 Å². The zero-order valence-corrected chi connectivity index (χ0v) is 33.1. The summed E-state index contributed by atoms with van der Waals surface area (Å²) in [6, 6.07) is 15.2. The molecule has 294 valence electrons. The van der Waals surface area contributed by atoms with Crippen LogP contribution in [0.15, 0.2) is 60.9 Å². The standard InChI is InChI=1S/C41H48N8O6S/c1-6-28(46-40(52)54-4)38(50)48-17-7-9-31(48)36-42-21-29(44-36)26-13-11-25-20-27(14-12-24(25)19-26)33-15-16-34(56-33)30-22-43-37(45-30)32-10-8-18-49(32)39(51)35(23(2)3)47-41(53)55-5/h11-16,19-23,28,31-32,35H,6-10,17-18H2,1-5H3,(H,42,44)(H,43,45)(H,46,52)(H,47,53)/t28?,31?,32?,35-/m0/s1. The van der Waals surface area contributed by atoms with E-state index in [2.05, 4.69) is 74.1 Å². The Morgan fingerprint density at radius 3 is 1.95 bits per heavy atom. The van der Waals surface area contributed by atoms with Crippen LogP contribution in [0, 0.1) is 5.92 Å². The van der Waals surface area contributed by atoms with E-state index < -0.39 is 24.3 Å². The maximum atomic E-state index is 13.6. The van der Waals surface area contributed by atoms with E-state index in [-0.39, 0.29) is 29.8 Å². The number of imidazole rings is 2. The fourth-order valence-corrected chi connectivity index (χ4v) is 8.70. The molecule has 2 aliphatic heterocycles. The predicted molar refractivity (Wildman–Crippen MR) is 214 cm³/mol. The topological polar surface area (TPSA) is 175 Å². The highest BCUT2D eigenvalue weighted by atomic mass is 32.1. The number of carbonyl (C=O) groups excluding carboxylic acids is 4. The van der Waals surface area contributed by atoms with Crippen molar-refractivity contribution < 1.29 is 28.7 Å². The maximum absolute atomic E-state index is 13.6. The highest BCUT2D eigenvalue weighted by Gasteiger charge is 2.38. The quantitative estimate of drug-likeness (QED) is 0.109. The highest BCUT2D eigenvalue weighted by molar-refractivity contribution is 7.18. The molecule has 14 nitrogen and oxygen atoms in total. The summed E-state index contributed by atoms with van der Waals surface area (Å²) < 4.78 is 9.48. The molecule has 0 bridgehead atoms. The molecule has 4 N–H and O–H groups in total. The number of amides is 4. The number of hydrogen-bond donors (Lipinski definition) is 4. The molecule has 0 radical (unpaired) electrons. The molecule has 2 aromatic carbocycles. The Morgan fingerprint density at radius 1 is 0.768 bits per heavy atom. The lowest BCUT2D eigenvalue weighted by Gasteiger charge is -2.30. The minimum atomic E-state index is -0.686. The first-order valence-corrected chi connectivity index (χ1v) is 19.9. The van der Waals surface area contributed by atoms with Gasteiger partial charge in [0.15, 0.2) is 0 Å². The number of nitrogens with zero attached hydrogens (tertiary/aromatic N) is 4. The van der Waals surface area contributed by atoms with Crippen molar-refractivity contribution in [2.45, 2.75) is 77.0 Å². The lowest BCUT2D eigenvalue weighted by molar-refractivity contribution is -0.135. The van der Waals surface area contributed by atoms with E-state index in [1.807, 2.05) is 38.1 Å². The smallest absolute Gasteiger partial charge is 0.407 e. The molecule has 4 amide bonds. The van der Waals surface area contributed by atoms with Crippen LogP contribution >= 0.6 is 11.3 Å². The van der Waals surface area contributed by atoms with Gasteiger partial charge in [0.2, 0.25) is 11.8 Å². The summed E-state index contributed by atoms with van der Waals surface area (Å²) in [6.45, 7) is 6.87. The third kappa shape index (κ3) is 7.85. The Kier molecular flexibility index (Phi) is 11.4. The zero-order valence-electron chi connectivity index (χ0n) is 32.3. The third-order valence-corrected chi connectivity index (χ3v) is 11.9. The fourth-order valence-electron chi connectivity index (χ4n) is 7.74. The molecule has 3 unspecified atom stereocenters. The van der Waals surface area contributed by atoms with Gasteiger partial charge >= 0.3 is 12.2 Å². The first-order chi connectivity index (χ1) is 27.1. The van der Waals surface area contributed by atoms with Gasteiger partial charge in [-0.1, -0.05) is 45.0 Å². The number of likely N-dealkylation sites (tertiary alicyclic amines) is 2. The van der Waals surface area contributed by atoms with Crippen molar-refractivity contribution in [1.82, 2.24) is 40.4 Å². The van der Waals surface area contributed by atoms with Crippen molar-refractivity contribution in [3.8, 4) is 32.3 Å². The van der Waals surface area contributed by atoms with Crippen LogP contribution in [0.1, 0.15) is 76.6 Å². The fraction of sp³-hybridized carbons (Fsp3) is 0.415. The molecule has 15 heteroatoms. The van der Waals surface area contributed by atoms with Gasteiger partial charge < -0.3 is 39.9 Å². The SMILES string of the molecule is CCC(NC(=O)OC)C(=O)N1CCCC1c1ncc(-c2ccc3cc(-c4ccc(-c5cnc(C6CCCN6C(=O)[C@@H](NC(=O)OC)C(C)C)[nH]5)s4)ccc3c2)[nH]1. The van der Waals surface area contributed by atoms with Crippen molar-refractivity contribution in [2.75, 3.05) is 27.3 Å². The summed E-state index contributed by atoms with van der Waals surface area (Å²) in [5, 5.41) is 7.55. The zero-order chi connectivity index (χ0) is 39.5. The van der Waals surface area contributed by atoms with Gasteiger partial charge in [-0.05, 0) is 78.6 Å². The number of carbonyl (C=O) groups is 4. The molecule has 5 aromatic rings. The highest BCUT2D eigenvalue weighted by Crippen LogP contribution is 2.38. The molecule has 7 rings (SSSR count). The molecule has 2 aliphatic rings. The molecule has 0 aliphatic carbocycles. The first kappa shape index (κ1) is 38.6. The van der Waals surface area contributed by atoms with Crippen LogP contribution in [-0.4, -0.2) is 93.1 Å². The average Bonchev–Trinajstić information content (AvgIpc) is 4.06. The van der Waals surface area contributed by atoms with Gasteiger partial charge in [-0.15, -0.1) is 11.3 Å². The number of H-pyrrole nitrogens is 2. The van der Waals surface area contributed by atoms with Crippen molar-refractivity contribution in [2.24, 2.45) is 5.92 Å². The summed E-state index contributed by atoms with van der Waals surface area (Å²) in [5.41, 5.74) is 3.86. The molecule has 0 spiro atoms. The number of rotatable bonds is 11. The van der Waals surface area contributed by atoms with Crippen LogP contribution in [0.25, 0.3) is 43.0 Å². The van der Waals surface area contributed by atoms with Crippen LogP contribution in [0.5, 0.6) is 0 Å².